The smallest absolute Gasteiger partial charge is 0.224 e. The lowest BCUT2D eigenvalue weighted by atomic mass is 9.88. The molecule has 0 saturated carbocycles. The molecule has 58 valence electrons. The van der Waals surface area contributed by atoms with Crippen LogP contribution in [-0.4, -0.2) is 19.0 Å². The van der Waals surface area contributed by atoms with Crippen LogP contribution >= 0.6 is 0 Å². The van der Waals surface area contributed by atoms with Crippen molar-refractivity contribution in [1.82, 2.24) is 5.32 Å². The van der Waals surface area contributed by atoms with Crippen LogP contribution in [0.1, 0.15) is 13.3 Å². The van der Waals surface area contributed by atoms with Gasteiger partial charge in [-0.2, -0.15) is 0 Å². The largest absolute Gasteiger partial charge is 0.356 e. The van der Waals surface area contributed by atoms with Crippen molar-refractivity contribution in [2.75, 3.05) is 13.1 Å². The van der Waals surface area contributed by atoms with Crippen molar-refractivity contribution in [1.29, 1.82) is 0 Å². The molecule has 1 rings (SSSR count). The maximum Gasteiger partial charge on any atom is 0.224 e. The maximum absolute atomic E-state index is 11.0. The normalized spacial score (nSPS) is 33.6. The minimum atomic E-state index is 0.0498. The summed E-state index contributed by atoms with van der Waals surface area (Å²) in [4.78, 5) is 11.0. The number of hydrogen-bond donors (Lipinski definition) is 2. The summed E-state index contributed by atoms with van der Waals surface area (Å²) in [6, 6.07) is 0. The van der Waals surface area contributed by atoms with Gasteiger partial charge in [0.2, 0.25) is 5.91 Å². The first kappa shape index (κ1) is 7.54. The van der Waals surface area contributed by atoms with Gasteiger partial charge in [0.25, 0.3) is 0 Å². The summed E-state index contributed by atoms with van der Waals surface area (Å²) in [5, 5.41) is 2.79. The van der Waals surface area contributed by atoms with Crippen molar-refractivity contribution >= 4 is 5.91 Å². The lowest BCUT2D eigenvalue weighted by molar-refractivity contribution is -0.128. The highest BCUT2D eigenvalue weighted by atomic mass is 16.1. The Morgan fingerprint density at radius 2 is 2.50 bits per heavy atom. The standard InChI is InChI=1S/C7H14N2O/c1-5-2-3-9-7(10)6(5)4-8/h5-6H,2-4,8H2,1H3,(H,9,10)/t5-,6+/m0/s1. The molecule has 3 heteroatoms. The zero-order valence-corrected chi connectivity index (χ0v) is 6.26. The fourth-order valence-electron chi connectivity index (χ4n) is 1.35. The van der Waals surface area contributed by atoms with Crippen LogP contribution in [0.4, 0.5) is 0 Å². The Balaban J connectivity index is 2.53. The summed E-state index contributed by atoms with van der Waals surface area (Å²) in [6.45, 7) is 3.37. The fraction of sp³-hybridized carbons (Fsp3) is 0.857. The highest BCUT2D eigenvalue weighted by Crippen LogP contribution is 2.17. The van der Waals surface area contributed by atoms with E-state index in [1.54, 1.807) is 0 Å². The van der Waals surface area contributed by atoms with Gasteiger partial charge in [0.05, 0.1) is 5.92 Å². The molecule has 3 nitrogen and oxygen atoms in total. The first-order valence-electron chi connectivity index (χ1n) is 3.73. The summed E-state index contributed by atoms with van der Waals surface area (Å²) in [5.74, 6) is 0.633. The molecule has 1 aliphatic rings. The minimum absolute atomic E-state index is 0.0498. The monoisotopic (exact) mass is 142 g/mol. The van der Waals surface area contributed by atoms with Gasteiger partial charge in [-0.25, -0.2) is 0 Å². The van der Waals surface area contributed by atoms with Gasteiger partial charge in [-0.05, 0) is 12.3 Å². The van der Waals surface area contributed by atoms with Gasteiger partial charge in [-0.3, -0.25) is 4.79 Å². The molecular weight excluding hydrogens is 128 g/mol. The Bertz CT molecular complexity index is 136. The van der Waals surface area contributed by atoms with Crippen molar-refractivity contribution in [2.24, 2.45) is 17.6 Å². The number of nitrogens with one attached hydrogen (secondary N) is 1. The molecule has 0 bridgehead atoms. The van der Waals surface area contributed by atoms with Crippen LogP contribution in [0.25, 0.3) is 0 Å². The van der Waals surface area contributed by atoms with E-state index in [0.717, 1.165) is 13.0 Å². The Hall–Kier alpha value is -0.570. The number of piperidine rings is 1. The van der Waals surface area contributed by atoms with E-state index in [0.29, 0.717) is 12.5 Å². The predicted molar refractivity (Wildman–Crippen MR) is 39.3 cm³/mol. The second-order valence-corrected chi connectivity index (χ2v) is 2.90. The van der Waals surface area contributed by atoms with Crippen molar-refractivity contribution in [3.63, 3.8) is 0 Å². The summed E-state index contributed by atoms with van der Waals surface area (Å²) < 4.78 is 0. The Kier molecular flexibility index (Phi) is 2.27. The maximum atomic E-state index is 11.0. The topological polar surface area (TPSA) is 55.1 Å². The van der Waals surface area contributed by atoms with Gasteiger partial charge in [-0.15, -0.1) is 0 Å². The lowest BCUT2D eigenvalue weighted by Gasteiger charge is -2.26. The molecule has 3 N–H and O–H groups in total. The van der Waals surface area contributed by atoms with Gasteiger partial charge >= 0.3 is 0 Å². The number of carbonyl (C=O) groups excluding carboxylic acids is 1. The van der Waals surface area contributed by atoms with Crippen molar-refractivity contribution in [3.8, 4) is 0 Å². The average Bonchev–Trinajstić information content (AvgIpc) is 1.88. The predicted octanol–water partition coefficient (Wildman–Crippen LogP) is -0.283. The summed E-state index contributed by atoms with van der Waals surface area (Å²) in [7, 11) is 0. The van der Waals surface area contributed by atoms with E-state index in [-0.39, 0.29) is 11.8 Å². The van der Waals surface area contributed by atoms with Crippen molar-refractivity contribution < 1.29 is 4.79 Å². The van der Waals surface area contributed by atoms with Gasteiger partial charge in [0, 0.05) is 13.1 Å². The molecule has 0 aromatic rings. The van der Waals surface area contributed by atoms with Gasteiger partial charge < -0.3 is 11.1 Å². The molecule has 1 fully saturated rings. The SMILES string of the molecule is C[C@H]1CCNC(=O)[C@@H]1CN. The van der Waals surface area contributed by atoms with E-state index in [1.165, 1.54) is 0 Å². The number of hydrogen-bond acceptors (Lipinski definition) is 2. The van der Waals surface area contributed by atoms with E-state index in [9.17, 15) is 4.79 Å². The molecule has 1 aliphatic heterocycles. The molecule has 1 saturated heterocycles. The highest BCUT2D eigenvalue weighted by Gasteiger charge is 2.26. The van der Waals surface area contributed by atoms with Crippen LogP contribution in [0.5, 0.6) is 0 Å². The van der Waals surface area contributed by atoms with Gasteiger partial charge in [-0.1, -0.05) is 6.92 Å². The van der Waals surface area contributed by atoms with Crippen molar-refractivity contribution in [2.45, 2.75) is 13.3 Å². The molecule has 0 aliphatic carbocycles. The van der Waals surface area contributed by atoms with Crippen LogP contribution in [0, 0.1) is 11.8 Å². The van der Waals surface area contributed by atoms with Crippen molar-refractivity contribution in [3.05, 3.63) is 0 Å². The molecule has 0 unspecified atom stereocenters. The van der Waals surface area contributed by atoms with E-state index in [2.05, 4.69) is 12.2 Å². The number of rotatable bonds is 1. The third-order valence-corrected chi connectivity index (χ3v) is 2.18. The zero-order chi connectivity index (χ0) is 7.56. The molecule has 0 spiro atoms. The molecule has 2 atom stereocenters. The Labute approximate surface area is 61.0 Å². The fourth-order valence-corrected chi connectivity index (χ4v) is 1.35. The average molecular weight is 142 g/mol. The summed E-state index contributed by atoms with van der Waals surface area (Å²) in [5.41, 5.74) is 5.42. The Morgan fingerprint density at radius 1 is 1.80 bits per heavy atom. The second-order valence-electron chi connectivity index (χ2n) is 2.90. The summed E-state index contributed by atoms with van der Waals surface area (Å²) in [6.07, 6.45) is 1.06. The quantitative estimate of drug-likeness (QED) is 0.529. The third-order valence-electron chi connectivity index (χ3n) is 2.18. The van der Waals surface area contributed by atoms with Crippen LogP contribution in [0.3, 0.4) is 0 Å². The molecule has 1 heterocycles. The highest BCUT2D eigenvalue weighted by molar-refractivity contribution is 5.79. The van der Waals surface area contributed by atoms with Gasteiger partial charge in [0.1, 0.15) is 0 Å². The number of nitrogens with two attached hydrogens (primary N) is 1. The zero-order valence-electron chi connectivity index (χ0n) is 6.26. The first-order valence-corrected chi connectivity index (χ1v) is 3.73. The molecule has 10 heavy (non-hydrogen) atoms. The number of amides is 1. The Morgan fingerprint density at radius 3 is 2.90 bits per heavy atom. The molecular formula is C7H14N2O. The minimum Gasteiger partial charge on any atom is -0.356 e. The lowest BCUT2D eigenvalue weighted by Crippen LogP contribution is -2.44. The van der Waals surface area contributed by atoms with E-state index in [4.69, 9.17) is 5.73 Å². The van der Waals surface area contributed by atoms with Crippen LogP contribution < -0.4 is 11.1 Å². The first-order chi connectivity index (χ1) is 4.75. The van der Waals surface area contributed by atoms with Crippen LogP contribution in [0.15, 0.2) is 0 Å². The number of carbonyl (C=O) groups is 1. The van der Waals surface area contributed by atoms with E-state index >= 15 is 0 Å². The molecule has 0 aromatic heterocycles. The second kappa shape index (κ2) is 3.01. The van der Waals surface area contributed by atoms with Crippen LogP contribution in [0.2, 0.25) is 0 Å². The summed E-state index contributed by atoms with van der Waals surface area (Å²) >= 11 is 0. The van der Waals surface area contributed by atoms with E-state index in [1.807, 2.05) is 0 Å². The third kappa shape index (κ3) is 1.29. The molecule has 0 radical (unpaired) electrons. The molecule has 1 amide bonds. The van der Waals surface area contributed by atoms with Crippen LogP contribution in [-0.2, 0) is 4.79 Å². The molecule has 0 aromatic carbocycles. The van der Waals surface area contributed by atoms with E-state index < -0.39 is 0 Å². The van der Waals surface area contributed by atoms with Gasteiger partial charge in [0.15, 0.2) is 0 Å².